The lowest BCUT2D eigenvalue weighted by molar-refractivity contribution is -0.0494. The molecule has 1 aromatic heterocycles. The number of halogens is 2. The van der Waals surface area contributed by atoms with Crippen LogP contribution in [0, 0.1) is 0 Å². The highest BCUT2D eigenvalue weighted by Gasteiger charge is 2.15. The molecule has 18 heavy (non-hydrogen) atoms. The van der Waals surface area contributed by atoms with E-state index >= 15 is 0 Å². The van der Waals surface area contributed by atoms with Crippen molar-refractivity contribution in [1.29, 1.82) is 0 Å². The van der Waals surface area contributed by atoms with E-state index in [1.54, 1.807) is 18.2 Å². The van der Waals surface area contributed by atoms with Crippen LogP contribution in [0.4, 0.5) is 8.78 Å². The molecule has 0 aliphatic rings. The zero-order valence-electron chi connectivity index (χ0n) is 8.84. The second-order valence-electron chi connectivity index (χ2n) is 3.21. The van der Waals surface area contributed by atoms with Crippen molar-refractivity contribution in [1.82, 2.24) is 4.98 Å². The van der Waals surface area contributed by atoms with E-state index in [4.69, 9.17) is 5.11 Å². The van der Waals surface area contributed by atoms with Crippen LogP contribution in [0.3, 0.4) is 0 Å². The van der Waals surface area contributed by atoms with Crippen molar-refractivity contribution in [2.45, 2.75) is 6.61 Å². The fraction of sp³-hybridized carbons (Fsp3) is 0.0909. The predicted octanol–water partition coefficient (Wildman–Crippen LogP) is 3.11. The third-order valence-corrected chi connectivity index (χ3v) is 3.07. The van der Waals surface area contributed by atoms with Crippen molar-refractivity contribution in [2.75, 3.05) is 0 Å². The third kappa shape index (κ3) is 2.62. The number of carbonyl (C=O) groups is 1. The first-order valence-corrected chi connectivity index (χ1v) is 5.63. The summed E-state index contributed by atoms with van der Waals surface area (Å²) in [6.07, 6.45) is 1.18. The van der Waals surface area contributed by atoms with Crippen LogP contribution in [0.2, 0.25) is 0 Å². The van der Waals surface area contributed by atoms with Gasteiger partial charge in [0.1, 0.15) is 15.6 Å². The van der Waals surface area contributed by atoms with Crippen LogP contribution in [0.5, 0.6) is 5.75 Å². The number of thiazole rings is 1. The van der Waals surface area contributed by atoms with E-state index in [0.29, 0.717) is 10.6 Å². The Hall–Kier alpha value is -2.02. The molecule has 0 aliphatic heterocycles. The smallest absolute Gasteiger partial charge is 0.387 e. The lowest BCUT2D eigenvalue weighted by Crippen LogP contribution is -2.02. The zero-order chi connectivity index (χ0) is 13.1. The third-order valence-electron chi connectivity index (χ3n) is 2.05. The molecule has 0 spiro atoms. The van der Waals surface area contributed by atoms with Crippen molar-refractivity contribution in [3.63, 3.8) is 0 Å². The van der Waals surface area contributed by atoms with Gasteiger partial charge in [0.05, 0.1) is 11.8 Å². The first-order valence-electron chi connectivity index (χ1n) is 4.81. The number of hydrogen-bond acceptors (Lipinski definition) is 4. The second-order valence-corrected chi connectivity index (χ2v) is 4.24. The summed E-state index contributed by atoms with van der Waals surface area (Å²) in [5.41, 5.74) is 0.343. The molecule has 7 heteroatoms. The van der Waals surface area contributed by atoms with Gasteiger partial charge in [0.2, 0.25) is 0 Å². The molecule has 0 aliphatic carbocycles. The van der Waals surface area contributed by atoms with E-state index in [-0.39, 0.29) is 10.6 Å². The topological polar surface area (TPSA) is 59.4 Å². The van der Waals surface area contributed by atoms with Crippen LogP contribution in [0.1, 0.15) is 9.67 Å². The van der Waals surface area contributed by atoms with E-state index in [0.717, 1.165) is 11.3 Å². The molecule has 2 rings (SSSR count). The van der Waals surface area contributed by atoms with Crippen molar-refractivity contribution in [2.24, 2.45) is 0 Å². The second kappa shape index (κ2) is 5.09. The zero-order valence-corrected chi connectivity index (χ0v) is 9.66. The molecule has 94 valence electrons. The molecular weight excluding hydrogens is 264 g/mol. The quantitative estimate of drug-likeness (QED) is 0.928. The van der Waals surface area contributed by atoms with Gasteiger partial charge in [-0.2, -0.15) is 8.78 Å². The summed E-state index contributed by atoms with van der Waals surface area (Å²) < 4.78 is 28.8. The molecule has 0 atom stereocenters. The van der Waals surface area contributed by atoms with Gasteiger partial charge < -0.3 is 9.84 Å². The fourth-order valence-electron chi connectivity index (χ4n) is 1.34. The Morgan fingerprint density at radius 1 is 1.39 bits per heavy atom. The van der Waals surface area contributed by atoms with Gasteiger partial charge >= 0.3 is 12.6 Å². The summed E-state index contributed by atoms with van der Waals surface area (Å²) in [6.45, 7) is -2.94. The molecule has 0 saturated heterocycles. The number of rotatable bonds is 4. The van der Waals surface area contributed by atoms with Gasteiger partial charge in [0.15, 0.2) is 0 Å². The Morgan fingerprint density at radius 3 is 2.72 bits per heavy atom. The van der Waals surface area contributed by atoms with Gasteiger partial charge in [0, 0.05) is 0 Å². The molecule has 1 aromatic carbocycles. The van der Waals surface area contributed by atoms with Crippen LogP contribution < -0.4 is 4.74 Å². The van der Waals surface area contributed by atoms with E-state index in [1.807, 2.05) is 0 Å². The number of aromatic carboxylic acids is 1. The summed E-state index contributed by atoms with van der Waals surface area (Å²) in [6, 6.07) is 6.11. The highest BCUT2D eigenvalue weighted by Crippen LogP contribution is 2.33. The van der Waals surface area contributed by atoms with Gasteiger partial charge in [-0.15, -0.1) is 11.3 Å². The van der Waals surface area contributed by atoms with Gasteiger partial charge in [-0.1, -0.05) is 12.1 Å². The van der Waals surface area contributed by atoms with Crippen LogP contribution >= 0.6 is 11.3 Å². The number of aromatic nitrogens is 1. The number of benzene rings is 1. The average molecular weight is 271 g/mol. The minimum Gasteiger partial charge on any atom is -0.477 e. The molecule has 0 fully saturated rings. The highest BCUT2D eigenvalue weighted by molar-refractivity contribution is 7.16. The summed E-state index contributed by atoms with van der Waals surface area (Å²) in [4.78, 5) is 14.7. The number of carboxylic acids is 1. The first-order chi connectivity index (χ1) is 8.58. The number of ether oxygens (including phenoxy) is 1. The average Bonchev–Trinajstić information content (AvgIpc) is 2.78. The molecule has 1 N–H and O–H groups in total. The molecule has 0 radical (unpaired) electrons. The molecule has 1 heterocycles. The van der Waals surface area contributed by atoms with E-state index in [2.05, 4.69) is 9.72 Å². The highest BCUT2D eigenvalue weighted by atomic mass is 32.1. The largest absolute Gasteiger partial charge is 0.477 e. The predicted molar refractivity (Wildman–Crippen MR) is 61.1 cm³/mol. The SMILES string of the molecule is O=C(O)c1cnc(-c2ccccc2OC(F)F)s1. The molecule has 0 amide bonds. The molecule has 2 aromatic rings. The van der Waals surface area contributed by atoms with Crippen molar-refractivity contribution >= 4 is 17.3 Å². The molecule has 4 nitrogen and oxygen atoms in total. The van der Waals surface area contributed by atoms with Crippen molar-refractivity contribution in [3.05, 3.63) is 35.3 Å². The summed E-state index contributed by atoms with van der Waals surface area (Å²) in [7, 11) is 0. The monoisotopic (exact) mass is 271 g/mol. The van der Waals surface area contributed by atoms with Crippen LogP contribution in [0.25, 0.3) is 10.6 Å². The minimum atomic E-state index is -2.94. The number of alkyl halides is 2. The standard InChI is InChI=1S/C11H7F2NO3S/c12-11(13)17-7-4-2-1-3-6(7)9-14-5-8(18-9)10(15)16/h1-5,11H,(H,15,16). The molecule has 0 bridgehead atoms. The summed E-state index contributed by atoms with van der Waals surface area (Å²) in [5.74, 6) is -1.13. The van der Waals surface area contributed by atoms with Gasteiger partial charge in [-0.05, 0) is 12.1 Å². The van der Waals surface area contributed by atoms with E-state index in [1.165, 1.54) is 12.3 Å². The van der Waals surface area contributed by atoms with Gasteiger partial charge in [-0.25, -0.2) is 9.78 Å². The molecular formula is C11H7F2NO3S. The maximum Gasteiger partial charge on any atom is 0.387 e. The Bertz CT molecular complexity index is 571. The van der Waals surface area contributed by atoms with Crippen LogP contribution in [0.15, 0.2) is 30.5 Å². The molecule has 0 unspecified atom stereocenters. The van der Waals surface area contributed by atoms with E-state index in [9.17, 15) is 13.6 Å². The Balaban J connectivity index is 2.39. The van der Waals surface area contributed by atoms with Crippen LogP contribution in [-0.2, 0) is 0 Å². The van der Waals surface area contributed by atoms with E-state index < -0.39 is 12.6 Å². The van der Waals surface area contributed by atoms with Crippen molar-refractivity contribution in [3.8, 4) is 16.3 Å². The number of hydrogen-bond donors (Lipinski definition) is 1. The van der Waals surface area contributed by atoms with Crippen molar-refractivity contribution < 1.29 is 23.4 Å². The Labute approximate surface area is 104 Å². The summed E-state index contributed by atoms with van der Waals surface area (Å²) >= 11 is 0.900. The number of nitrogens with zero attached hydrogens (tertiary/aromatic N) is 1. The maximum absolute atomic E-state index is 12.2. The molecule has 0 saturated carbocycles. The maximum atomic E-state index is 12.2. The van der Waals surface area contributed by atoms with Gasteiger partial charge in [0.25, 0.3) is 0 Å². The normalized spacial score (nSPS) is 10.6. The lowest BCUT2D eigenvalue weighted by Gasteiger charge is -2.07. The number of carboxylic acid groups (broad SMARTS) is 1. The summed E-state index contributed by atoms with van der Waals surface area (Å²) in [5, 5.41) is 9.10. The Kier molecular flexibility index (Phi) is 3.52. The fourth-order valence-corrected chi connectivity index (χ4v) is 2.12. The Morgan fingerprint density at radius 2 is 2.11 bits per heavy atom. The minimum absolute atomic E-state index is 0.0289. The first kappa shape index (κ1) is 12.4. The van der Waals surface area contributed by atoms with Crippen LogP contribution in [-0.4, -0.2) is 22.7 Å². The number of para-hydroxylation sites is 1. The van der Waals surface area contributed by atoms with Gasteiger partial charge in [-0.3, -0.25) is 0 Å². The lowest BCUT2D eigenvalue weighted by atomic mass is 10.2.